The third-order valence-corrected chi connectivity index (χ3v) is 6.31. The lowest BCUT2D eigenvalue weighted by Crippen LogP contribution is -2.51. The maximum Gasteiger partial charge on any atom is 0.236 e. The Balaban J connectivity index is 1.88. The Morgan fingerprint density at radius 1 is 1.08 bits per heavy atom. The summed E-state index contributed by atoms with van der Waals surface area (Å²) in [4.78, 5) is 15.9. The van der Waals surface area contributed by atoms with Crippen LogP contribution in [0, 0.1) is 5.82 Å². The van der Waals surface area contributed by atoms with Crippen molar-refractivity contribution in [3.8, 4) is 0 Å². The molecule has 0 aliphatic carbocycles. The molecule has 0 radical (unpaired) electrons. The van der Waals surface area contributed by atoms with Gasteiger partial charge in [-0.2, -0.15) is 4.31 Å². The highest BCUT2D eigenvalue weighted by Crippen LogP contribution is 2.14. The van der Waals surface area contributed by atoms with E-state index in [-0.39, 0.29) is 17.5 Å². The fourth-order valence-corrected chi connectivity index (χ4v) is 4.43. The summed E-state index contributed by atoms with van der Waals surface area (Å²) in [7, 11) is -3.44. The van der Waals surface area contributed by atoms with E-state index in [2.05, 4.69) is 0 Å². The minimum absolute atomic E-state index is 0.0765. The number of carbonyl (C=O) groups is 1. The van der Waals surface area contributed by atoms with Gasteiger partial charge in [0.25, 0.3) is 0 Å². The smallest absolute Gasteiger partial charge is 0.236 e. The van der Waals surface area contributed by atoms with E-state index >= 15 is 0 Å². The highest BCUT2D eigenvalue weighted by Gasteiger charge is 2.28. The van der Waals surface area contributed by atoms with Gasteiger partial charge in [-0.15, -0.1) is 0 Å². The van der Waals surface area contributed by atoms with Crippen LogP contribution in [0.3, 0.4) is 0 Å². The van der Waals surface area contributed by atoms with Crippen molar-refractivity contribution in [2.45, 2.75) is 19.6 Å². The molecule has 1 aromatic rings. The van der Waals surface area contributed by atoms with E-state index in [1.807, 2.05) is 18.7 Å². The fourth-order valence-electron chi connectivity index (χ4n) is 2.92. The molecule has 0 unspecified atom stereocenters. The minimum Gasteiger partial charge on any atom is -0.342 e. The van der Waals surface area contributed by atoms with Gasteiger partial charge in [0.05, 0.1) is 12.3 Å². The molecule has 0 aromatic heterocycles. The molecule has 6 nitrogen and oxygen atoms in total. The zero-order valence-electron chi connectivity index (χ0n) is 14.8. The Kier molecular flexibility index (Phi) is 6.92. The van der Waals surface area contributed by atoms with Gasteiger partial charge in [-0.3, -0.25) is 9.69 Å². The number of piperazine rings is 1. The fraction of sp³-hybridized carbons (Fsp3) is 0.588. The standard InChI is InChI=1S/C17H26FN3O3S/c1-3-20(4-2)17(22)13-19-9-11-21(12-10-19)25(23,24)14-15-5-7-16(18)8-6-15/h5-8H,3-4,9-14H2,1-2H3. The molecule has 0 atom stereocenters. The molecule has 0 spiro atoms. The number of benzene rings is 1. The molecule has 1 fully saturated rings. The van der Waals surface area contributed by atoms with E-state index in [0.29, 0.717) is 51.4 Å². The summed E-state index contributed by atoms with van der Waals surface area (Å²) in [5, 5.41) is 0. The molecule has 0 bridgehead atoms. The van der Waals surface area contributed by atoms with Gasteiger partial charge in [-0.25, -0.2) is 12.8 Å². The van der Waals surface area contributed by atoms with Crippen molar-refractivity contribution in [2.24, 2.45) is 0 Å². The predicted octanol–water partition coefficient (Wildman–Crippen LogP) is 1.14. The Hall–Kier alpha value is -1.51. The van der Waals surface area contributed by atoms with E-state index in [4.69, 9.17) is 0 Å². The van der Waals surface area contributed by atoms with Crippen molar-refractivity contribution in [3.05, 3.63) is 35.6 Å². The summed E-state index contributed by atoms with van der Waals surface area (Å²) in [6.45, 7) is 7.40. The summed E-state index contributed by atoms with van der Waals surface area (Å²) in [6.07, 6.45) is 0. The SMILES string of the molecule is CCN(CC)C(=O)CN1CCN(S(=O)(=O)Cc2ccc(F)cc2)CC1. The largest absolute Gasteiger partial charge is 0.342 e. The molecule has 2 rings (SSSR count). The summed E-state index contributed by atoms with van der Waals surface area (Å²) < 4.78 is 39.4. The first kappa shape index (κ1) is 19.8. The van der Waals surface area contributed by atoms with Gasteiger partial charge >= 0.3 is 0 Å². The number of likely N-dealkylation sites (N-methyl/N-ethyl adjacent to an activating group) is 1. The first-order valence-electron chi connectivity index (χ1n) is 8.58. The van der Waals surface area contributed by atoms with Gasteiger partial charge < -0.3 is 4.90 Å². The maximum atomic E-state index is 12.9. The third-order valence-electron chi connectivity index (χ3n) is 4.46. The summed E-state index contributed by atoms with van der Waals surface area (Å²) in [6, 6.07) is 5.51. The van der Waals surface area contributed by atoms with Crippen molar-refractivity contribution in [1.82, 2.24) is 14.1 Å². The van der Waals surface area contributed by atoms with Crippen molar-refractivity contribution in [2.75, 3.05) is 45.8 Å². The summed E-state index contributed by atoms with van der Waals surface area (Å²) in [5.41, 5.74) is 0.570. The quantitative estimate of drug-likeness (QED) is 0.721. The second kappa shape index (κ2) is 8.73. The first-order chi connectivity index (χ1) is 11.9. The molecule has 1 aliphatic rings. The molecular weight excluding hydrogens is 345 g/mol. The van der Waals surface area contributed by atoms with Gasteiger partial charge in [0.2, 0.25) is 15.9 Å². The molecule has 140 valence electrons. The average Bonchev–Trinajstić information content (AvgIpc) is 2.58. The van der Waals surface area contributed by atoms with Crippen LogP contribution in [-0.2, 0) is 20.6 Å². The Morgan fingerprint density at radius 2 is 1.64 bits per heavy atom. The zero-order valence-corrected chi connectivity index (χ0v) is 15.6. The van der Waals surface area contributed by atoms with Crippen LogP contribution < -0.4 is 0 Å². The third kappa shape index (κ3) is 5.49. The minimum atomic E-state index is -3.44. The molecular formula is C17H26FN3O3S. The van der Waals surface area contributed by atoms with Crippen molar-refractivity contribution in [3.63, 3.8) is 0 Å². The van der Waals surface area contributed by atoms with Crippen LogP contribution in [-0.4, -0.2) is 74.2 Å². The van der Waals surface area contributed by atoms with Crippen LogP contribution in [0.2, 0.25) is 0 Å². The summed E-state index contributed by atoms with van der Waals surface area (Å²) in [5.74, 6) is -0.439. The Bertz CT molecular complexity index is 667. The molecule has 25 heavy (non-hydrogen) atoms. The van der Waals surface area contributed by atoms with E-state index < -0.39 is 10.0 Å². The van der Waals surface area contributed by atoms with E-state index in [1.165, 1.54) is 28.6 Å². The second-order valence-electron chi connectivity index (χ2n) is 6.12. The van der Waals surface area contributed by atoms with Crippen molar-refractivity contribution < 1.29 is 17.6 Å². The lowest BCUT2D eigenvalue weighted by atomic mass is 10.2. The normalized spacial score (nSPS) is 16.8. The number of sulfonamides is 1. The van der Waals surface area contributed by atoms with E-state index in [9.17, 15) is 17.6 Å². The molecule has 1 aliphatic heterocycles. The number of amides is 1. The predicted molar refractivity (Wildman–Crippen MR) is 95.0 cm³/mol. The number of carbonyl (C=O) groups excluding carboxylic acids is 1. The van der Waals surface area contributed by atoms with Crippen molar-refractivity contribution in [1.29, 1.82) is 0 Å². The molecule has 1 amide bonds. The topological polar surface area (TPSA) is 60.9 Å². The molecule has 1 saturated heterocycles. The molecule has 1 heterocycles. The molecule has 0 saturated carbocycles. The number of hydrogen-bond acceptors (Lipinski definition) is 4. The highest BCUT2D eigenvalue weighted by molar-refractivity contribution is 7.88. The molecule has 8 heteroatoms. The van der Waals surface area contributed by atoms with Crippen molar-refractivity contribution >= 4 is 15.9 Å². The maximum absolute atomic E-state index is 12.9. The van der Waals surface area contributed by atoms with Gasteiger partial charge in [0, 0.05) is 39.3 Å². The lowest BCUT2D eigenvalue weighted by Gasteiger charge is -2.34. The van der Waals surface area contributed by atoms with Crippen LogP contribution >= 0.6 is 0 Å². The van der Waals surface area contributed by atoms with Gasteiger partial charge in [-0.05, 0) is 31.5 Å². The van der Waals surface area contributed by atoms with Gasteiger partial charge in [-0.1, -0.05) is 12.1 Å². The van der Waals surface area contributed by atoms with E-state index in [0.717, 1.165) is 0 Å². The highest BCUT2D eigenvalue weighted by atomic mass is 32.2. The number of hydrogen-bond donors (Lipinski definition) is 0. The number of rotatable bonds is 7. The van der Waals surface area contributed by atoms with Gasteiger partial charge in [0.15, 0.2) is 0 Å². The van der Waals surface area contributed by atoms with E-state index in [1.54, 1.807) is 4.90 Å². The monoisotopic (exact) mass is 371 g/mol. The Labute approximate surface area is 149 Å². The van der Waals surface area contributed by atoms with Crippen LogP contribution in [0.4, 0.5) is 4.39 Å². The number of nitrogens with zero attached hydrogens (tertiary/aromatic N) is 3. The second-order valence-corrected chi connectivity index (χ2v) is 8.09. The number of halogens is 1. The Morgan fingerprint density at radius 3 is 2.16 bits per heavy atom. The van der Waals surface area contributed by atoms with Gasteiger partial charge in [0.1, 0.15) is 5.82 Å². The molecule has 1 aromatic carbocycles. The van der Waals surface area contributed by atoms with Crippen LogP contribution in [0.15, 0.2) is 24.3 Å². The molecule has 0 N–H and O–H groups in total. The van der Waals surface area contributed by atoms with Crippen LogP contribution in [0.25, 0.3) is 0 Å². The van der Waals surface area contributed by atoms with Crippen LogP contribution in [0.1, 0.15) is 19.4 Å². The average molecular weight is 371 g/mol. The van der Waals surface area contributed by atoms with Crippen LogP contribution in [0.5, 0.6) is 0 Å². The lowest BCUT2D eigenvalue weighted by molar-refractivity contribution is -0.132. The summed E-state index contributed by atoms with van der Waals surface area (Å²) >= 11 is 0. The first-order valence-corrected chi connectivity index (χ1v) is 10.2. The zero-order chi connectivity index (χ0) is 18.4.